The van der Waals surface area contributed by atoms with E-state index >= 15 is 0 Å². The Morgan fingerprint density at radius 2 is 2.00 bits per heavy atom. The van der Waals surface area contributed by atoms with E-state index in [9.17, 15) is 9.59 Å². The molecule has 0 bridgehead atoms. The highest BCUT2D eigenvalue weighted by atomic mass is 16.4. The van der Waals surface area contributed by atoms with Gasteiger partial charge in [0.05, 0.1) is 0 Å². The molecule has 0 radical (unpaired) electrons. The fourth-order valence-electron chi connectivity index (χ4n) is 2.04. The van der Waals surface area contributed by atoms with Crippen molar-refractivity contribution >= 4 is 11.9 Å². The van der Waals surface area contributed by atoms with E-state index in [1.165, 1.54) is 6.92 Å². The van der Waals surface area contributed by atoms with Crippen LogP contribution >= 0.6 is 0 Å². The Bertz CT molecular complexity index is 267. The highest BCUT2D eigenvalue weighted by Crippen LogP contribution is 2.24. The summed E-state index contributed by atoms with van der Waals surface area (Å²) in [7, 11) is 0. The van der Waals surface area contributed by atoms with E-state index in [1.54, 1.807) is 0 Å². The minimum Gasteiger partial charge on any atom is -0.481 e. The first kappa shape index (κ1) is 13.0. The smallest absolute Gasteiger partial charge is 0.315 e. The second kappa shape index (κ2) is 5.84. The summed E-state index contributed by atoms with van der Waals surface area (Å²) in [5.74, 6) is -2.54. The minimum absolute atomic E-state index is 0.0480. The van der Waals surface area contributed by atoms with Crippen LogP contribution < -0.4 is 5.32 Å². The lowest BCUT2D eigenvalue weighted by molar-refractivity contribution is -0.146. The molecule has 1 amide bonds. The Hall–Kier alpha value is -1.10. The Balaban J connectivity index is 2.51. The molecule has 3 atom stereocenters. The topological polar surface area (TPSA) is 86.6 Å². The van der Waals surface area contributed by atoms with Crippen molar-refractivity contribution in [2.75, 3.05) is 6.61 Å². The summed E-state index contributed by atoms with van der Waals surface area (Å²) < 4.78 is 0. The highest BCUT2D eigenvalue weighted by Gasteiger charge is 2.29. The van der Waals surface area contributed by atoms with E-state index in [1.807, 2.05) is 0 Å². The minimum atomic E-state index is -1.12. The molecule has 92 valence electrons. The number of carboxylic acid groups (broad SMARTS) is 1. The van der Waals surface area contributed by atoms with Gasteiger partial charge in [0.2, 0.25) is 5.91 Å². The number of aliphatic carboxylic acids is 1. The molecule has 1 fully saturated rings. The standard InChI is InChI=1S/C11H19NO4/c1-7(11(15)16)10(14)12-9-5-3-2-4-8(9)6-13/h7-9,13H,2-6H2,1H3,(H,12,14)(H,15,16). The Morgan fingerprint density at radius 3 is 2.56 bits per heavy atom. The predicted molar refractivity (Wildman–Crippen MR) is 57.8 cm³/mol. The van der Waals surface area contributed by atoms with Gasteiger partial charge in [0.1, 0.15) is 5.92 Å². The first-order valence-corrected chi connectivity index (χ1v) is 5.70. The number of carbonyl (C=O) groups excluding carboxylic acids is 1. The molecule has 0 spiro atoms. The zero-order valence-corrected chi connectivity index (χ0v) is 9.48. The Labute approximate surface area is 94.8 Å². The lowest BCUT2D eigenvalue weighted by Gasteiger charge is -2.31. The van der Waals surface area contributed by atoms with Gasteiger partial charge in [-0.2, -0.15) is 0 Å². The third-order valence-electron chi connectivity index (χ3n) is 3.23. The van der Waals surface area contributed by atoms with Crippen molar-refractivity contribution in [2.24, 2.45) is 11.8 Å². The van der Waals surface area contributed by atoms with Gasteiger partial charge in [-0.1, -0.05) is 12.8 Å². The van der Waals surface area contributed by atoms with Crippen molar-refractivity contribution in [1.29, 1.82) is 0 Å². The van der Waals surface area contributed by atoms with Gasteiger partial charge in [0.15, 0.2) is 0 Å². The number of nitrogens with one attached hydrogen (secondary N) is 1. The molecule has 1 aliphatic rings. The van der Waals surface area contributed by atoms with E-state index in [0.717, 1.165) is 25.7 Å². The number of aliphatic hydroxyl groups is 1. The molecular formula is C11H19NO4. The maximum absolute atomic E-state index is 11.5. The quantitative estimate of drug-likeness (QED) is 0.608. The van der Waals surface area contributed by atoms with Gasteiger partial charge in [-0.3, -0.25) is 9.59 Å². The van der Waals surface area contributed by atoms with Gasteiger partial charge in [0.25, 0.3) is 0 Å². The number of hydrogen-bond donors (Lipinski definition) is 3. The van der Waals surface area contributed by atoms with Gasteiger partial charge in [-0.05, 0) is 19.8 Å². The fraction of sp³-hybridized carbons (Fsp3) is 0.818. The van der Waals surface area contributed by atoms with Crippen LogP contribution in [0.1, 0.15) is 32.6 Å². The van der Waals surface area contributed by atoms with Crippen LogP contribution in [0.5, 0.6) is 0 Å². The van der Waals surface area contributed by atoms with Gasteiger partial charge < -0.3 is 15.5 Å². The normalized spacial score (nSPS) is 27.1. The average molecular weight is 229 g/mol. The summed E-state index contributed by atoms with van der Waals surface area (Å²) in [5.41, 5.74) is 0. The maximum Gasteiger partial charge on any atom is 0.315 e. The van der Waals surface area contributed by atoms with Crippen molar-refractivity contribution in [3.8, 4) is 0 Å². The summed E-state index contributed by atoms with van der Waals surface area (Å²) in [4.78, 5) is 22.2. The zero-order valence-electron chi connectivity index (χ0n) is 9.48. The number of carboxylic acids is 1. The Kier molecular flexibility index (Phi) is 4.73. The zero-order chi connectivity index (χ0) is 12.1. The number of carbonyl (C=O) groups is 2. The largest absolute Gasteiger partial charge is 0.481 e. The fourth-order valence-corrected chi connectivity index (χ4v) is 2.04. The van der Waals surface area contributed by atoms with Crippen LogP contribution in [0, 0.1) is 11.8 Å². The number of amides is 1. The molecule has 0 aliphatic heterocycles. The molecule has 1 aliphatic carbocycles. The van der Waals surface area contributed by atoms with E-state index in [2.05, 4.69) is 5.32 Å². The molecule has 0 saturated heterocycles. The van der Waals surface area contributed by atoms with Crippen LogP contribution in [0.15, 0.2) is 0 Å². The van der Waals surface area contributed by atoms with Crippen LogP contribution in [0.25, 0.3) is 0 Å². The SMILES string of the molecule is CC(C(=O)O)C(=O)NC1CCCCC1CO. The molecular weight excluding hydrogens is 210 g/mol. The van der Waals surface area contributed by atoms with Crippen LogP contribution in [-0.4, -0.2) is 34.7 Å². The van der Waals surface area contributed by atoms with Gasteiger partial charge >= 0.3 is 5.97 Å². The predicted octanol–water partition coefficient (Wildman–Crippen LogP) is 0.374. The van der Waals surface area contributed by atoms with Crippen LogP contribution in [-0.2, 0) is 9.59 Å². The van der Waals surface area contributed by atoms with Crippen LogP contribution in [0.2, 0.25) is 0 Å². The molecule has 3 N–H and O–H groups in total. The van der Waals surface area contributed by atoms with E-state index < -0.39 is 17.8 Å². The second-order valence-corrected chi connectivity index (χ2v) is 4.40. The van der Waals surface area contributed by atoms with Crippen molar-refractivity contribution in [3.63, 3.8) is 0 Å². The van der Waals surface area contributed by atoms with Crippen molar-refractivity contribution < 1.29 is 19.8 Å². The third kappa shape index (κ3) is 3.20. The lowest BCUT2D eigenvalue weighted by atomic mass is 9.85. The first-order chi connectivity index (χ1) is 7.56. The van der Waals surface area contributed by atoms with Crippen LogP contribution in [0.3, 0.4) is 0 Å². The summed E-state index contributed by atoms with van der Waals surface area (Å²) >= 11 is 0. The van der Waals surface area contributed by atoms with Gasteiger partial charge in [0, 0.05) is 18.6 Å². The van der Waals surface area contributed by atoms with Crippen molar-refractivity contribution in [1.82, 2.24) is 5.32 Å². The monoisotopic (exact) mass is 229 g/mol. The van der Waals surface area contributed by atoms with Gasteiger partial charge in [-0.15, -0.1) is 0 Å². The summed E-state index contributed by atoms with van der Waals surface area (Å²) in [5, 5.41) is 20.6. The molecule has 1 saturated carbocycles. The van der Waals surface area contributed by atoms with Gasteiger partial charge in [-0.25, -0.2) is 0 Å². The van der Waals surface area contributed by atoms with E-state index in [-0.39, 0.29) is 18.6 Å². The molecule has 5 nitrogen and oxygen atoms in total. The number of aliphatic hydroxyl groups excluding tert-OH is 1. The molecule has 5 heteroatoms. The van der Waals surface area contributed by atoms with Crippen molar-refractivity contribution in [3.05, 3.63) is 0 Å². The first-order valence-electron chi connectivity index (χ1n) is 5.70. The number of rotatable bonds is 4. The van der Waals surface area contributed by atoms with Crippen LogP contribution in [0.4, 0.5) is 0 Å². The summed E-state index contributed by atoms with van der Waals surface area (Å²) in [6, 6.07) is -0.0759. The summed E-state index contributed by atoms with van der Waals surface area (Å²) in [6.45, 7) is 1.42. The second-order valence-electron chi connectivity index (χ2n) is 4.40. The Morgan fingerprint density at radius 1 is 1.38 bits per heavy atom. The molecule has 1 rings (SSSR count). The maximum atomic E-state index is 11.5. The van der Waals surface area contributed by atoms with Crippen molar-refractivity contribution in [2.45, 2.75) is 38.6 Å². The molecule has 16 heavy (non-hydrogen) atoms. The lowest BCUT2D eigenvalue weighted by Crippen LogP contribution is -2.46. The molecule has 0 aromatic rings. The molecule has 0 aromatic carbocycles. The number of hydrogen-bond acceptors (Lipinski definition) is 3. The average Bonchev–Trinajstić information content (AvgIpc) is 2.28. The van der Waals surface area contributed by atoms with E-state index in [4.69, 9.17) is 10.2 Å². The van der Waals surface area contributed by atoms with E-state index in [0.29, 0.717) is 0 Å². The molecule has 3 unspecified atom stereocenters. The highest BCUT2D eigenvalue weighted by molar-refractivity contribution is 5.96. The third-order valence-corrected chi connectivity index (χ3v) is 3.23. The summed E-state index contributed by atoms with van der Waals surface area (Å²) in [6.07, 6.45) is 3.79. The molecule has 0 heterocycles. The molecule has 0 aromatic heterocycles.